The lowest BCUT2D eigenvalue weighted by atomic mass is 10.1. The number of ether oxygens (including phenoxy) is 1. The second-order valence-corrected chi connectivity index (χ2v) is 6.64. The van der Waals surface area contributed by atoms with E-state index in [-0.39, 0.29) is 17.6 Å². The highest BCUT2D eigenvalue weighted by Crippen LogP contribution is 2.27. The molecule has 17 heavy (non-hydrogen) atoms. The van der Waals surface area contributed by atoms with Crippen molar-refractivity contribution in [2.45, 2.75) is 26.0 Å². The number of aryl methyl sites for hydroxylation is 1. The Labute approximate surface area is 102 Å². The summed E-state index contributed by atoms with van der Waals surface area (Å²) in [5.74, 6) is 1.09. The minimum absolute atomic E-state index is 0.116. The first-order chi connectivity index (χ1) is 8.02. The predicted octanol–water partition coefficient (Wildman–Crippen LogP) is 1.02. The van der Waals surface area contributed by atoms with Crippen LogP contribution in [0.2, 0.25) is 0 Å². The Morgan fingerprint density at radius 3 is 2.82 bits per heavy atom. The van der Waals surface area contributed by atoms with Crippen LogP contribution in [-0.2, 0) is 16.4 Å². The van der Waals surface area contributed by atoms with Crippen molar-refractivity contribution in [2.24, 2.45) is 5.73 Å². The van der Waals surface area contributed by atoms with Gasteiger partial charge in [0, 0.05) is 12.1 Å². The first-order valence-electron chi connectivity index (χ1n) is 5.67. The van der Waals surface area contributed by atoms with E-state index >= 15 is 0 Å². The molecule has 1 heterocycles. The fraction of sp³-hybridized carbons (Fsp3) is 0.500. The number of nitrogens with two attached hydrogens (primary N) is 1. The summed E-state index contributed by atoms with van der Waals surface area (Å²) in [7, 11) is -2.90. The highest BCUT2D eigenvalue weighted by molar-refractivity contribution is 7.91. The average Bonchev–Trinajstić information content (AvgIpc) is 2.61. The third kappa shape index (κ3) is 2.79. The van der Waals surface area contributed by atoms with E-state index in [1.165, 1.54) is 0 Å². The first kappa shape index (κ1) is 12.4. The maximum atomic E-state index is 11.4. The van der Waals surface area contributed by atoms with Gasteiger partial charge in [0.15, 0.2) is 9.84 Å². The van der Waals surface area contributed by atoms with Crippen LogP contribution in [0.4, 0.5) is 0 Å². The van der Waals surface area contributed by atoms with Crippen LogP contribution in [0.5, 0.6) is 5.75 Å². The Balaban J connectivity index is 2.19. The van der Waals surface area contributed by atoms with Crippen molar-refractivity contribution in [1.82, 2.24) is 0 Å². The molecule has 4 nitrogen and oxygen atoms in total. The summed E-state index contributed by atoms with van der Waals surface area (Å²) < 4.78 is 28.5. The zero-order chi connectivity index (χ0) is 12.5. The van der Waals surface area contributed by atoms with Crippen LogP contribution in [0.1, 0.15) is 17.5 Å². The van der Waals surface area contributed by atoms with E-state index in [9.17, 15) is 8.42 Å². The normalized spacial score (nSPS) is 22.6. The second-order valence-electron chi connectivity index (χ2n) is 4.41. The van der Waals surface area contributed by atoms with Crippen LogP contribution in [-0.4, -0.2) is 26.0 Å². The standard InChI is InChI=1S/C12H17NO3S/c1-9-3-2-4-10(7-13)12(9)16-11-5-6-17(14,15)8-11/h2-4,11H,5-8,13H2,1H3. The summed E-state index contributed by atoms with van der Waals surface area (Å²) in [6, 6.07) is 5.78. The first-order valence-corrected chi connectivity index (χ1v) is 7.49. The molecule has 2 N–H and O–H groups in total. The summed E-state index contributed by atoms with van der Waals surface area (Å²) in [5.41, 5.74) is 7.57. The van der Waals surface area contributed by atoms with Crippen molar-refractivity contribution in [1.29, 1.82) is 0 Å². The van der Waals surface area contributed by atoms with Gasteiger partial charge in [0.2, 0.25) is 0 Å². The van der Waals surface area contributed by atoms with Gasteiger partial charge >= 0.3 is 0 Å². The summed E-state index contributed by atoms with van der Waals surface area (Å²) in [6.07, 6.45) is 0.340. The lowest BCUT2D eigenvalue weighted by molar-refractivity contribution is 0.225. The Kier molecular flexibility index (Phi) is 3.40. The van der Waals surface area contributed by atoms with Crippen LogP contribution in [0.3, 0.4) is 0 Å². The second kappa shape index (κ2) is 4.66. The molecule has 0 spiro atoms. The van der Waals surface area contributed by atoms with E-state index in [2.05, 4.69) is 0 Å². The molecule has 94 valence electrons. The topological polar surface area (TPSA) is 69.4 Å². The number of benzene rings is 1. The fourth-order valence-electron chi connectivity index (χ4n) is 2.06. The van der Waals surface area contributed by atoms with Gasteiger partial charge in [0.1, 0.15) is 11.9 Å². The van der Waals surface area contributed by atoms with Crippen molar-refractivity contribution in [2.75, 3.05) is 11.5 Å². The molecule has 0 aliphatic carbocycles. The van der Waals surface area contributed by atoms with Crippen LogP contribution >= 0.6 is 0 Å². The van der Waals surface area contributed by atoms with Crippen molar-refractivity contribution in [3.8, 4) is 5.75 Å². The third-order valence-electron chi connectivity index (χ3n) is 2.99. The lowest BCUT2D eigenvalue weighted by Gasteiger charge is -2.17. The minimum atomic E-state index is -2.90. The quantitative estimate of drug-likeness (QED) is 0.875. The molecule has 5 heteroatoms. The van der Waals surface area contributed by atoms with Crippen LogP contribution < -0.4 is 10.5 Å². The molecule has 0 saturated carbocycles. The van der Waals surface area contributed by atoms with Crippen LogP contribution in [0.15, 0.2) is 18.2 Å². The number of sulfone groups is 1. The van der Waals surface area contributed by atoms with Gasteiger partial charge in [-0.25, -0.2) is 8.42 Å². The van der Waals surface area contributed by atoms with Gasteiger partial charge in [-0.05, 0) is 18.9 Å². The number of para-hydroxylation sites is 1. The van der Waals surface area contributed by atoms with Crippen molar-refractivity contribution < 1.29 is 13.2 Å². The zero-order valence-corrected chi connectivity index (χ0v) is 10.7. The monoisotopic (exact) mass is 255 g/mol. The van der Waals surface area contributed by atoms with Gasteiger partial charge < -0.3 is 10.5 Å². The summed E-state index contributed by atoms with van der Waals surface area (Å²) >= 11 is 0. The SMILES string of the molecule is Cc1cccc(CN)c1OC1CCS(=O)(=O)C1. The molecular formula is C12H17NO3S. The van der Waals surface area contributed by atoms with E-state index in [1.807, 2.05) is 25.1 Å². The maximum Gasteiger partial charge on any atom is 0.154 e. The van der Waals surface area contributed by atoms with Gasteiger partial charge in [0.25, 0.3) is 0 Å². The molecule has 1 aromatic carbocycles. The van der Waals surface area contributed by atoms with Gasteiger partial charge in [-0.3, -0.25) is 0 Å². The molecule has 1 atom stereocenters. The summed E-state index contributed by atoms with van der Waals surface area (Å²) in [4.78, 5) is 0. The smallest absolute Gasteiger partial charge is 0.154 e. The van der Waals surface area contributed by atoms with Gasteiger partial charge in [-0.1, -0.05) is 18.2 Å². The Hall–Kier alpha value is -1.07. The highest BCUT2D eigenvalue weighted by atomic mass is 32.2. The molecular weight excluding hydrogens is 238 g/mol. The van der Waals surface area contributed by atoms with Crippen molar-refractivity contribution in [3.63, 3.8) is 0 Å². The number of hydrogen-bond donors (Lipinski definition) is 1. The molecule has 1 saturated heterocycles. The summed E-state index contributed by atoms with van der Waals surface area (Å²) in [5, 5.41) is 0. The minimum Gasteiger partial charge on any atom is -0.489 e. The van der Waals surface area contributed by atoms with Crippen molar-refractivity contribution >= 4 is 9.84 Å². The van der Waals surface area contributed by atoms with Gasteiger partial charge in [0.05, 0.1) is 11.5 Å². The molecule has 0 radical (unpaired) electrons. The van der Waals surface area contributed by atoms with Crippen LogP contribution in [0, 0.1) is 6.92 Å². The van der Waals surface area contributed by atoms with E-state index in [4.69, 9.17) is 10.5 Å². The largest absolute Gasteiger partial charge is 0.489 e. The van der Waals surface area contributed by atoms with Gasteiger partial charge in [-0.15, -0.1) is 0 Å². The molecule has 1 aliphatic heterocycles. The lowest BCUT2D eigenvalue weighted by Crippen LogP contribution is -2.19. The molecule has 1 unspecified atom stereocenters. The summed E-state index contributed by atoms with van der Waals surface area (Å²) in [6.45, 7) is 2.34. The number of hydrogen-bond acceptors (Lipinski definition) is 4. The van der Waals surface area contributed by atoms with E-state index in [0.29, 0.717) is 13.0 Å². The Bertz CT molecular complexity index is 510. The Morgan fingerprint density at radius 1 is 1.47 bits per heavy atom. The molecule has 0 amide bonds. The van der Waals surface area contributed by atoms with E-state index in [0.717, 1.165) is 16.9 Å². The van der Waals surface area contributed by atoms with E-state index < -0.39 is 9.84 Å². The molecule has 0 aromatic heterocycles. The molecule has 1 aliphatic rings. The Morgan fingerprint density at radius 2 is 2.24 bits per heavy atom. The number of rotatable bonds is 3. The third-order valence-corrected chi connectivity index (χ3v) is 4.73. The van der Waals surface area contributed by atoms with Gasteiger partial charge in [-0.2, -0.15) is 0 Å². The zero-order valence-electron chi connectivity index (χ0n) is 9.85. The predicted molar refractivity (Wildman–Crippen MR) is 66.8 cm³/mol. The van der Waals surface area contributed by atoms with Crippen molar-refractivity contribution in [3.05, 3.63) is 29.3 Å². The highest BCUT2D eigenvalue weighted by Gasteiger charge is 2.30. The molecule has 1 fully saturated rings. The van der Waals surface area contributed by atoms with Crippen LogP contribution in [0.25, 0.3) is 0 Å². The molecule has 1 aromatic rings. The fourth-order valence-corrected chi connectivity index (χ4v) is 3.65. The average molecular weight is 255 g/mol. The molecule has 0 bridgehead atoms. The maximum absolute atomic E-state index is 11.4. The van der Waals surface area contributed by atoms with E-state index in [1.54, 1.807) is 0 Å². The molecule has 2 rings (SSSR count).